The monoisotopic (exact) mass is 490 g/mol. The number of halogens is 2. The third-order valence-electron chi connectivity index (χ3n) is 4.29. The second-order valence-electron chi connectivity index (χ2n) is 6.52. The first-order chi connectivity index (χ1) is 14.3. The lowest BCUT2D eigenvalue weighted by Crippen LogP contribution is -2.18. The van der Waals surface area contributed by atoms with Crippen molar-refractivity contribution >= 4 is 39.3 Å². The van der Waals surface area contributed by atoms with Crippen LogP contribution in [0.4, 0.5) is 0 Å². The van der Waals surface area contributed by atoms with Gasteiger partial charge in [-0.15, -0.1) is 0 Å². The van der Waals surface area contributed by atoms with E-state index < -0.39 is 5.97 Å². The standard InChI is InChI=1S/C21H20BrClN4O3/c1-13-20(22)14(2)27(25-13)11-19(28)30-26-21(24)16-5-9-18(10-6-16)29-12-15-3-7-17(23)8-4-15/h3-10H,11-12H2,1-2H3,(H2,24,26). The molecule has 0 aliphatic carbocycles. The molecule has 30 heavy (non-hydrogen) atoms. The zero-order chi connectivity index (χ0) is 21.7. The number of hydrogen-bond donors (Lipinski definition) is 1. The molecule has 0 saturated carbocycles. The molecule has 2 aromatic carbocycles. The quantitative estimate of drug-likeness (QED) is 0.229. The summed E-state index contributed by atoms with van der Waals surface area (Å²) in [6.45, 7) is 4.05. The predicted octanol–water partition coefficient (Wildman–Crippen LogP) is 4.36. The second kappa shape index (κ2) is 9.77. The number of nitrogens with two attached hydrogens (primary N) is 1. The Morgan fingerprint density at radius 2 is 1.83 bits per heavy atom. The highest BCUT2D eigenvalue weighted by molar-refractivity contribution is 9.10. The fraction of sp³-hybridized carbons (Fsp3) is 0.190. The summed E-state index contributed by atoms with van der Waals surface area (Å²) >= 11 is 9.29. The summed E-state index contributed by atoms with van der Waals surface area (Å²) < 4.78 is 8.13. The Morgan fingerprint density at radius 1 is 1.17 bits per heavy atom. The SMILES string of the molecule is Cc1nn(CC(=O)O/N=C(/N)c2ccc(OCc3ccc(Cl)cc3)cc2)c(C)c1Br. The van der Waals surface area contributed by atoms with Crippen LogP contribution in [0.1, 0.15) is 22.5 Å². The van der Waals surface area contributed by atoms with Crippen molar-refractivity contribution in [2.45, 2.75) is 27.0 Å². The van der Waals surface area contributed by atoms with Crippen LogP contribution in [0.15, 0.2) is 58.2 Å². The summed E-state index contributed by atoms with van der Waals surface area (Å²) in [6, 6.07) is 14.4. The van der Waals surface area contributed by atoms with Crippen LogP contribution in [-0.2, 0) is 22.8 Å². The van der Waals surface area contributed by atoms with Gasteiger partial charge in [0.25, 0.3) is 0 Å². The highest BCUT2D eigenvalue weighted by Gasteiger charge is 2.13. The molecule has 1 heterocycles. The van der Waals surface area contributed by atoms with Gasteiger partial charge in [-0.05, 0) is 71.7 Å². The number of benzene rings is 2. The predicted molar refractivity (Wildman–Crippen MR) is 118 cm³/mol. The molecule has 0 aliphatic rings. The van der Waals surface area contributed by atoms with E-state index in [1.807, 2.05) is 38.1 Å². The molecule has 0 saturated heterocycles. The van der Waals surface area contributed by atoms with Gasteiger partial charge in [-0.1, -0.05) is 28.9 Å². The molecule has 2 N–H and O–H groups in total. The lowest BCUT2D eigenvalue weighted by atomic mass is 10.2. The Hall–Kier alpha value is -2.84. The summed E-state index contributed by atoms with van der Waals surface area (Å²) in [5.74, 6) is 0.190. The zero-order valence-corrected chi connectivity index (χ0v) is 18.8. The Morgan fingerprint density at radius 3 is 2.43 bits per heavy atom. The number of rotatable bonds is 7. The van der Waals surface area contributed by atoms with Crippen molar-refractivity contribution in [2.24, 2.45) is 10.9 Å². The Balaban J connectivity index is 1.54. The van der Waals surface area contributed by atoms with Gasteiger partial charge >= 0.3 is 5.97 Å². The third-order valence-corrected chi connectivity index (χ3v) is 5.69. The van der Waals surface area contributed by atoms with E-state index in [2.05, 4.69) is 26.2 Å². The van der Waals surface area contributed by atoms with Crippen LogP contribution in [0.2, 0.25) is 5.02 Å². The number of ether oxygens (including phenoxy) is 1. The minimum atomic E-state index is -0.570. The number of oxime groups is 1. The maximum Gasteiger partial charge on any atom is 0.356 e. The van der Waals surface area contributed by atoms with Crippen molar-refractivity contribution in [2.75, 3.05) is 0 Å². The third kappa shape index (κ3) is 5.61. The molecule has 0 bridgehead atoms. The van der Waals surface area contributed by atoms with Gasteiger partial charge in [0.15, 0.2) is 5.84 Å². The van der Waals surface area contributed by atoms with Crippen molar-refractivity contribution in [3.05, 3.63) is 80.5 Å². The minimum absolute atomic E-state index is 0.0630. The van der Waals surface area contributed by atoms with Crippen LogP contribution in [0.5, 0.6) is 5.75 Å². The number of carbonyl (C=O) groups is 1. The molecule has 3 rings (SSSR count). The van der Waals surface area contributed by atoms with Gasteiger partial charge < -0.3 is 15.3 Å². The molecule has 0 unspecified atom stereocenters. The number of aryl methyl sites for hydroxylation is 1. The summed E-state index contributed by atoms with van der Waals surface area (Å²) in [5, 5.41) is 8.66. The molecule has 9 heteroatoms. The van der Waals surface area contributed by atoms with Gasteiger partial charge in [-0.2, -0.15) is 5.10 Å². The highest BCUT2D eigenvalue weighted by Crippen LogP contribution is 2.20. The number of nitrogens with zero attached hydrogens (tertiary/aromatic N) is 3. The lowest BCUT2D eigenvalue weighted by molar-refractivity contribution is -0.144. The molecular weight excluding hydrogens is 472 g/mol. The molecule has 0 amide bonds. The largest absolute Gasteiger partial charge is 0.489 e. The Kier molecular flexibility index (Phi) is 7.12. The van der Waals surface area contributed by atoms with Crippen molar-refractivity contribution in [3.63, 3.8) is 0 Å². The molecule has 0 fully saturated rings. The van der Waals surface area contributed by atoms with E-state index in [-0.39, 0.29) is 12.4 Å². The van der Waals surface area contributed by atoms with Crippen molar-refractivity contribution in [1.29, 1.82) is 0 Å². The summed E-state index contributed by atoms with van der Waals surface area (Å²) in [7, 11) is 0. The first-order valence-electron chi connectivity index (χ1n) is 9.04. The Bertz CT molecular complexity index is 1060. The maximum atomic E-state index is 12.0. The van der Waals surface area contributed by atoms with Gasteiger partial charge in [-0.25, -0.2) is 4.79 Å². The van der Waals surface area contributed by atoms with Crippen LogP contribution < -0.4 is 10.5 Å². The highest BCUT2D eigenvalue weighted by atomic mass is 79.9. The number of hydrogen-bond acceptors (Lipinski definition) is 5. The lowest BCUT2D eigenvalue weighted by Gasteiger charge is -2.07. The average molecular weight is 492 g/mol. The maximum absolute atomic E-state index is 12.0. The van der Waals surface area contributed by atoms with Crippen LogP contribution in [-0.4, -0.2) is 21.6 Å². The van der Waals surface area contributed by atoms with Gasteiger partial charge in [0, 0.05) is 10.6 Å². The van der Waals surface area contributed by atoms with Crippen molar-refractivity contribution < 1.29 is 14.4 Å². The van der Waals surface area contributed by atoms with E-state index in [0.29, 0.717) is 22.9 Å². The summed E-state index contributed by atoms with van der Waals surface area (Å²) in [6.07, 6.45) is 0. The van der Waals surface area contributed by atoms with E-state index >= 15 is 0 Å². The number of aromatic nitrogens is 2. The second-order valence-corrected chi connectivity index (χ2v) is 7.75. The van der Waals surface area contributed by atoms with E-state index in [4.69, 9.17) is 26.9 Å². The minimum Gasteiger partial charge on any atom is -0.489 e. The van der Waals surface area contributed by atoms with Crippen LogP contribution in [0.3, 0.4) is 0 Å². The normalized spacial score (nSPS) is 11.4. The molecule has 156 valence electrons. The Labute approximate surface area is 187 Å². The summed E-state index contributed by atoms with van der Waals surface area (Å²) in [5.41, 5.74) is 9.15. The fourth-order valence-electron chi connectivity index (χ4n) is 2.60. The van der Waals surface area contributed by atoms with Gasteiger partial charge in [-0.3, -0.25) is 4.68 Å². The summed E-state index contributed by atoms with van der Waals surface area (Å²) in [4.78, 5) is 16.9. The smallest absolute Gasteiger partial charge is 0.356 e. The van der Waals surface area contributed by atoms with E-state index in [1.54, 1.807) is 28.9 Å². The molecule has 1 aromatic heterocycles. The molecule has 0 atom stereocenters. The number of amidine groups is 1. The van der Waals surface area contributed by atoms with Crippen molar-refractivity contribution in [3.8, 4) is 5.75 Å². The van der Waals surface area contributed by atoms with Crippen LogP contribution in [0.25, 0.3) is 0 Å². The molecular formula is C21H20BrClN4O3. The molecule has 0 spiro atoms. The molecule has 0 radical (unpaired) electrons. The first kappa shape index (κ1) is 21.9. The van der Waals surface area contributed by atoms with Gasteiger partial charge in [0.1, 0.15) is 18.9 Å². The number of carbonyl (C=O) groups excluding carboxylic acids is 1. The van der Waals surface area contributed by atoms with Crippen LogP contribution in [0, 0.1) is 13.8 Å². The molecule has 7 nitrogen and oxygen atoms in total. The first-order valence-corrected chi connectivity index (χ1v) is 10.2. The fourth-order valence-corrected chi connectivity index (χ4v) is 3.01. The van der Waals surface area contributed by atoms with Gasteiger partial charge in [0.2, 0.25) is 0 Å². The topological polar surface area (TPSA) is 91.7 Å². The van der Waals surface area contributed by atoms with E-state index in [0.717, 1.165) is 21.4 Å². The average Bonchev–Trinajstić information content (AvgIpc) is 2.98. The van der Waals surface area contributed by atoms with E-state index in [1.165, 1.54) is 0 Å². The van der Waals surface area contributed by atoms with E-state index in [9.17, 15) is 4.79 Å². The molecule has 3 aromatic rings. The van der Waals surface area contributed by atoms with Crippen molar-refractivity contribution in [1.82, 2.24) is 9.78 Å². The van der Waals surface area contributed by atoms with Gasteiger partial charge in [0.05, 0.1) is 15.9 Å². The molecule has 0 aliphatic heterocycles. The zero-order valence-electron chi connectivity index (χ0n) is 16.4. The van der Waals surface area contributed by atoms with Crippen LogP contribution >= 0.6 is 27.5 Å².